The molecule has 2 aliphatic rings. The van der Waals surface area contributed by atoms with Crippen LogP contribution in [0, 0.1) is 11.8 Å². The third-order valence-electron chi connectivity index (χ3n) is 3.65. The molecule has 4 heteroatoms. The Balaban J connectivity index is 1.48. The maximum atomic E-state index is 5.58. The van der Waals surface area contributed by atoms with Crippen molar-refractivity contribution in [3.05, 3.63) is 0 Å². The van der Waals surface area contributed by atoms with E-state index in [4.69, 9.17) is 9.47 Å². The van der Waals surface area contributed by atoms with Crippen LogP contribution in [-0.4, -0.2) is 64.6 Å². The Labute approximate surface area is 98.3 Å². The van der Waals surface area contributed by atoms with Gasteiger partial charge in [0.05, 0.1) is 6.61 Å². The van der Waals surface area contributed by atoms with E-state index in [-0.39, 0.29) is 0 Å². The van der Waals surface area contributed by atoms with Crippen LogP contribution in [0.4, 0.5) is 0 Å². The van der Waals surface area contributed by atoms with Crippen LogP contribution < -0.4 is 5.32 Å². The summed E-state index contributed by atoms with van der Waals surface area (Å²) < 4.78 is 10.6. The summed E-state index contributed by atoms with van der Waals surface area (Å²) in [6.07, 6.45) is 1.01. The van der Waals surface area contributed by atoms with Crippen LogP contribution in [0.15, 0.2) is 0 Å². The molecule has 0 aromatic rings. The van der Waals surface area contributed by atoms with Gasteiger partial charge in [-0.15, -0.1) is 0 Å². The second-order valence-corrected chi connectivity index (χ2v) is 4.90. The first-order chi connectivity index (χ1) is 7.90. The van der Waals surface area contributed by atoms with Crippen molar-refractivity contribution < 1.29 is 9.47 Å². The molecule has 0 bridgehead atoms. The van der Waals surface area contributed by atoms with Gasteiger partial charge in [-0.3, -0.25) is 0 Å². The monoisotopic (exact) mass is 228 g/mol. The smallest absolute Gasteiger partial charge is 0.0593 e. The molecule has 16 heavy (non-hydrogen) atoms. The molecule has 94 valence electrons. The van der Waals surface area contributed by atoms with Crippen molar-refractivity contribution in [2.45, 2.75) is 6.42 Å². The van der Waals surface area contributed by atoms with E-state index in [9.17, 15) is 0 Å². The molecule has 2 saturated heterocycles. The highest BCUT2D eigenvalue weighted by Gasteiger charge is 2.35. The highest BCUT2D eigenvalue weighted by molar-refractivity contribution is 4.90. The summed E-state index contributed by atoms with van der Waals surface area (Å²) in [5.41, 5.74) is 0. The predicted octanol–water partition coefficient (Wildman–Crippen LogP) is 0.191. The highest BCUT2D eigenvalue weighted by atomic mass is 16.5. The molecule has 2 unspecified atom stereocenters. The number of nitrogens with zero attached hydrogens (tertiary/aromatic N) is 1. The maximum Gasteiger partial charge on any atom is 0.0593 e. The van der Waals surface area contributed by atoms with Gasteiger partial charge in [-0.05, 0) is 31.3 Å². The van der Waals surface area contributed by atoms with E-state index in [1.807, 2.05) is 0 Å². The third-order valence-corrected chi connectivity index (χ3v) is 3.65. The van der Waals surface area contributed by atoms with Crippen molar-refractivity contribution >= 4 is 0 Å². The van der Waals surface area contributed by atoms with Crippen LogP contribution in [-0.2, 0) is 9.47 Å². The van der Waals surface area contributed by atoms with Gasteiger partial charge in [0.15, 0.2) is 0 Å². The molecule has 0 aliphatic carbocycles. The standard InChI is InChI=1S/C12H24N2O2/c1-15-4-2-5-16-6-3-14-9-11-7-13-8-12(11)10-14/h11-13H,2-10H2,1H3. The normalized spacial score (nSPS) is 29.8. The van der Waals surface area contributed by atoms with Crippen LogP contribution in [0.1, 0.15) is 6.42 Å². The summed E-state index contributed by atoms with van der Waals surface area (Å²) in [5.74, 6) is 1.79. The van der Waals surface area contributed by atoms with E-state index in [2.05, 4.69) is 10.2 Å². The number of nitrogens with one attached hydrogen (secondary N) is 1. The van der Waals surface area contributed by atoms with Crippen LogP contribution in [0.3, 0.4) is 0 Å². The Morgan fingerprint density at radius 2 is 1.88 bits per heavy atom. The number of rotatable bonds is 7. The Morgan fingerprint density at radius 3 is 2.56 bits per heavy atom. The van der Waals surface area contributed by atoms with Crippen molar-refractivity contribution in [2.75, 3.05) is 59.7 Å². The summed E-state index contributed by atoms with van der Waals surface area (Å²) in [6, 6.07) is 0. The molecule has 0 saturated carbocycles. The number of fused-ring (bicyclic) bond motifs is 1. The van der Waals surface area contributed by atoms with E-state index >= 15 is 0 Å². The fourth-order valence-electron chi connectivity index (χ4n) is 2.74. The molecule has 2 heterocycles. The Morgan fingerprint density at radius 1 is 1.12 bits per heavy atom. The molecule has 0 aromatic heterocycles. The summed E-state index contributed by atoms with van der Waals surface area (Å²) in [7, 11) is 1.73. The van der Waals surface area contributed by atoms with Gasteiger partial charge in [-0.25, -0.2) is 0 Å². The zero-order chi connectivity index (χ0) is 11.2. The number of hydrogen-bond acceptors (Lipinski definition) is 4. The number of hydrogen-bond donors (Lipinski definition) is 1. The average Bonchev–Trinajstić information content (AvgIpc) is 2.83. The predicted molar refractivity (Wildman–Crippen MR) is 63.6 cm³/mol. The minimum absolute atomic E-state index is 0.805. The van der Waals surface area contributed by atoms with Gasteiger partial charge < -0.3 is 19.7 Å². The summed E-state index contributed by atoms with van der Waals surface area (Å²) in [5, 5.41) is 3.46. The van der Waals surface area contributed by atoms with Crippen molar-refractivity contribution in [3.8, 4) is 0 Å². The Bertz CT molecular complexity index is 189. The lowest BCUT2D eigenvalue weighted by Gasteiger charge is -2.16. The third kappa shape index (κ3) is 3.42. The van der Waals surface area contributed by atoms with Crippen molar-refractivity contribution in [2.24, 2.45) is 11.8 Å². The van der Waals surface area contributed by atoms with Gasteiger partial charge in [-0.1, -0.05) is 0 Å². The average molecular weight is 228 g/mol. The van der Waals surface area contributed by atoms with Gasteiger partial charge in [0.25, 0.3) is 0 Å². The van der Waals surface area contributed by atoms with Gasteiger partial charge in [0.2, 0.25) is 0 Å². The molecule has 0 radical (unpaired) electrons. The van der Waals surface area contributed by atoms with Crippen molar-refractivity contribution in [3.63, 3.8) is 0 Å². The number of ether oxygens (including phenoxy) is 2. The second-order valence-electron chi connectivity index (χ2n) is 4.90. The summed E-state index contributed by atoms with van der Waals surface area (Å²) >= 11 is 0. The fraction of sp³-hybridized carbons (Fsp3) is 1.00. The molecule has 2 atom stereocenters. The molecule has 0 amide bonds. The van der Waals surface area contributed by atoms with Crippen LogP contribution in [0.5, 0.6) is 0 Å². The van der Waals surface area contributed by atoms with E-state index in [0.29, 0.717) is 0 Å². The fourth-order valence-corrected chi connectivity index (χ4v) is 2.74. The quantitative estimate of drug-likeness (QED) is 0.631. The first-order valence-corrected chi connectivity index (χ1v) is 6.40. The second kappa shape index (κ2) is 6.55. The summed E-state index contributed by atoms with van der Waals surface area (Å²) in [4.78, 5) is 2.55. The topological polar surface area (TPSA) is 33.7 Å². The largest absolute Gasteiger partial charge is 0.385 e. The molecule has 2 fully saturated rings. The highest BCUT2D eigenvalue weighted by Crippen LogP contribution is 2.25. The molecule has 4 nitrogen and oxygen atoms in total. The van der Waals surface area contributed by atoms with E-state index in [1.54, 1.807) is 7.11 Å². The van der Waals surface area contributed by atoms with Crippen LogP contribution >= 0.6 is 0 Å². The van der Waals surface area contributed by atoms with E-state index < -0.39 is 0 Å². The lowest BCUT2D eigenvalue weighted by molar-refractivity contribution is 0.0871. The van der Waals surface area contributed by atoms with Gasteiger partial charge in [-0.2, -0.15) is 0 Å². The molecule has 0 aromatic carbocycles. The molecular weight excluding hydrogens is 204 g/mol. The molecule has 1 N–H and O–H groups in total. The molecule has 0 spiro atoms. The van der Waals surface area contributed by atoms with Crippen molar-refractivity contribution in [1.29, 1.82) is 0 Å². The number of likely N-dealkylation sites (tertiary alicyclic amines) is 1. The summed E-state index contributed by atoms with van der Waals surface area (Å²) in [6.45, 7) is 8.57. The van der Waals surface area contributed by atoms with Crippen LogP contribution in [0.2, 0.25) is 0 Å². The minimum Gasteiger partial charge on any atom is -0.385 e. The van der Waals surface area contributed by atoms with Crippen LogP contribution in [0.25, 0.3) is 0 Å². The van der Waals surface area contributed by atoms with E-state index in [1.165, 1.54) is 26.2 Å². The van der Waals surface area contributed by atoms with Crippen molar-refractivity contribution in [1.82, 2.24) is 10.2 Å². The van der Waals surface area contributed by atoms with Gasteiger partial charge in [0, 0.05) is 40.0 Å². The molecule has 2 rings (SSSR count). The number of methoxy groups -OCH3 is 1. The molecule has 2 aliphatic heterocycles. The zero-order valence-electron chi connectivity index (χ0n) is 10.3. The lowest BCUT2D eigenvalue weighted by atomic mass is 10.0. The Kier molecular flexibility index (Phi) is 5.03. The van der Waals surface area contributed by atoms with Gasteiger partial charge in [0.1, 0.15) is 0 Å². The maximum absolute atomic E-state index is 5.58. The SMILES string of the molecule is COCCCOCCN1CC2CNCC2C1. The van der Waals surface area contributed by atoms with Gasteiger partial charge >= 0.3 is 0 Å². The van der Waals surface area contributed by atoms with E-state index in [0.717, 1.165) is 44.6 Å². The first-order valence-electron chi connectivity index (χ1n) is 6.40. The zero-order valence-corrected chi connectivity index (χ0v) is 10.3. The lowest BCUT2D eigenvalue weighted by Crippen LogP contribution is -2.29. The minimum atomic E-state index is 0.805. The Hall–Kier alpha value is -0.160. The molecular formula is C12H24N2O2. The first kappa shape index (κ1) is 12.3.